The Balaban J connectivity index is 1.82. The van der Waals surface area contributed by atoms with E-state index in [2.05, 4.69) is 12.2 Å². The quantitative estimate of drug-likeness (QED) is 0.908. The highest BCUT2D eigenvalue weighted by Crippen LogP contribution is 2.19. The van der Waals surface area contributed by atoms with E-state index in [0.717, 1.165) is 24.3 Å². The molecule has 1 N–H and O–H groups in total. The van der Waals surface area contributed by atoms with Crippen molar-refractivity contribution >= 4 is 21.4 Å². The monoisotopic (exact) mass is 301 g/mol. The minimum absolute atomic E-state index is 0.194. The summed E-state index contributed by atoms with van der Waals surface area (Å²) in [6.45, 7) is 2.65. The summed E-state index contributed by atoms with van der Waals surface area (Å²) in [6.07, 6.45) is 2.48. The maximum absolute atomic E-state index is 11.7. The van der Waals surface area contributed by atoms with Gasteiger partial charge in [0.15, 0.2) is 9.84 Å². The highest BCUT2D eigenvalue weighted by atomic mass is 35.5. The lowest BCUT2D eigenvalue weighted by Crippen LogP contribution is -2.37. The Hall–Kier alpha value is -0.580. The second kappa shape index (κ2) is 6.25. The normalized spacial score (nSPS) is 23.4. The van der Waals surface area contributed by atoms with Gasteiger partial charge in [0.1, 0.15) is 0 Å². The average molecular weight is 302 g/mol. The van der Waals surface area contributed by atoms with Gasteiger partial charge in [-0.25, -0.2) is 8.42 Å². The SMILES string of the molecule is C[C@@H](Cc1ccc(Cl)cc1)NC[C@@H]1CCCS1(=O)=O. The number of benzene rings is 1. The molecule has 3 nitrogen and oxygen atoms in total. The Morgan fingerprint density at radius 2 is 2.05 bits per heavy atom. The summed E-state index contributed by atoms with van der Waals surface area (Å²) in [5.41, 5.74) is 1.21. The Morgan fingerprint density at radius 1 is 1.37 bits per heavy atom. The van der Waals surface area contributed by atoms with Gasteiger partial charge in [-0.15, -0.1) is 0 Å². The second-order valence-corrected chi connectivity index (χ2v) is 8.11. The summed E-state index contributed by atoms with van der Waals surface area (Å²) in [4.78, 5) is 0. The van der Waals surface area contributed by atoms with Crippen molar-refractivity contribution in [3.05, 3.63) is 34.9 Å². The first-order valence-corrected chi connectivity index (χ1v) is 8.76. The molecule has 0 aliphatic carbocycles. The van der Waals surface area contributed by atoms with E-state index < -0.39 is 9.84 Å². The van der Waals surface area contributed by atoms with Gasteiger partial charge < -0.3 is 5.32 Å². The van der Waals surface area contributed by atoms with Crippen molar-refractivity contribution in [2.24, 2.45) is 0 Å². The van der Waals surface area contributed by atoms with Gasteiger partial charge in [0, 0.05) is 17.6 Å². The molecule has 1 heterocycles. The first kappa shape index (κ1) is 14.8. The van der Waals surface area contributed by atoms with E-state index >= 15 is 0 Å². The van der Waals surface area contributed by atoms with Crippen LogP contribution in [0.2, 0.25) is 5.02 Å². The van der Waals surface area contributed by atoms with Crippen LogP contribution in [-0.4, -0.2) is 32.0 Å². The third-order valence-corrected chi connectivity index (χ3v) is 6.14. The van der Waals surface area contributed by atoms with Crippen LogP contribution >= 0.6 is 11.6 Å². The zero-order valence-electron chi connectivity index (χ0n) is 11.1. The van der Waals surface area contributed by atoms with Crippen molar-refractivity contribution in [1.29, 1.82) is 0 Å². The number of sulfone groups is 1. The van der Waals surface area contributed by atoms with Gasteiger partial charge in [-0.05, 0) is 43.9 Å². The fourth-order valence-corrected chi connectivity index (χ4v) is 4.37. The summed E-state index contributed by atoms with van der Waals surface area (Å²) < 4.78 is 23.4. The topological polar surface area (TPSA) is 46.2 Å². The van der Waals surface area contributed by atoms with Crippen LogP contribution in [0.25, 0.3) is 0 Å². The Bertz CT molecular complexity index is 513. The third kappa shape index (κ3) is 4.20. The highest BCUT2D eigenvalue weighted by Gasteiger charge is 2.30. The van der Waals surface area contributed by atoms with Crippen LogP contribution < -0.4 is 5.32 Å². The molecule has 1 aliphatic heterocycles. The molecule has 2 rings (SSSR count). The van der Waals surface area contributed by atoms with Crippen molar-refractivity contribution in [3.8, 4) is 0 Å². The summed E-state index contributed by atoms with van der Waals surface area (Å²) in [5, 5.41) is 3.87. The molecule has 106 valence electrons. The number of hydrogen-bond acceptors (Lipinski definition) is 3. The fraction of sp³-hybridized carbons (Fsp3) is 0.571. The Kier molecular flexibility index (Phi) is 4.87. The molecule has 0 amide bonds. The summed E-state index contributed by atoms with van der Waals surface area (Å²) >= 11 is 5.84. The maximum Gasteiger partial charge on any atom is 0.154 e. The molecule has 0 unspecified atom stereocenters. The largest absolute Gasteiger partial charge is 0.313 e. The van der Waals surface area contributed by atoms with E-state index in [9.17, 15) is 8.42 Å². The number of halogens is 1. The van der Waals surface area contributed by atoms with E-state index in [1.807, 2.05) is 24.3 Å². The van der Waals surface area contributed by atoms with Crippen LogP contribution in [0.3, 0.4) is 0 Å². The van der Waals surface area contributed by atoms with E-state index in [4.69, 9.17) is 11.6 Å². The third-order valence-electron chi connectivity index (χ3n) is 3.61. The summed E-state index contributed by atoms with van der Waals surface area (Å²) in [5.74, 6) is 0.352. The Morgan fingerprint density at radius 3 is 2.63 bits per heavy atom. The molecule has 1 aromatic rings. The second-order valence-electron chi connectivity index (χ2n) is 5.27. The van der Waals surface area contributed by atoms with Crippen molar-refractivity contribution < 1.29 is 8.42 Å². The average Bonchev–Trinajstić information content (AvgIpc) is 2.69. The van der Waals surface area contributed by atoms with Gasteiger partial charge in [0.05, 0.1) is 11.0 Å². The summed E-state index contributed by atoms with van der Waals surface area (Å²) in [6, 6.07) is 8.03. The van der Waals surface area contributed by atoms with Crippen LogP contribution in [0.4, 0.5) is 0 Å². The molecule has 0 spiro atoms. The van der Waals surface area contributed by atoms with Crippen LogP contribution in [0.15, 0.2) is 24.3 Å². The van der Waals surface area contributed by atoms with Crippen LogP contribution in [0.1, 0.15) is 25.3 Å². The number of rotatable bonds is 5. The molecule has 1 fully saturated rings. The smallest absolute Gasteiger partial charge is 0.154 e. The molecular weight excluding hydrogens is 282 g/mol. The number of nitrogens with one attached hydrogen (secondary N) is 1. The minimum atomic E-state index is -2.84. The summed E-state index contributed by atoms with van der Waals surface area (Å²) in [7, 11) is -2.84. The Labute approximate surface area is 120 Å². The van der Waals surface area contributed by atoms with Crippen molar-refractivity contribution in [2.75, 3.05) is 12.3 Å². The van der Waals surface area contributed by atoms with E-state index in [0.29, 0.717) is 12.3 Å². The maximum atomic E-state index is 11.7. The molecule has 1 saturated heterocycles. The zero-order valence-corrected chi connectivity index (χ0v) is 12.7. The van der Waals surface area contributed by atoms with E-state index in [-0.39, 0.29) is 11.3 Å². The van der Waals surface area contributed by atoms with Crippen LogP contribution in [0, 0.1) is 0 Å². The van der Waals surface area contributed by atoms with Gasteiger partial charge in [0.25, 0.3) is 0 Å². The molecule has 5 heteroatoms. The zero-order chi connectivity index (χ0) is 13.9. The molecule has 0 bridgehead atoms. The molecule has 1 aromatic carbocycles. The van der Waals surface area contributed by atoms with E-state index in [1.165, 1.54) is 5.56 Å². The lowest BCUT2D eigenvalue weighted by molar-refractivity contribution is 0.521. The molecule has 1 aliphatic rings. The van der Waals surface area contributed by atoms with Gasteiger partial charge in [-0.3, -0.25) is 0 Å². The predicted molar refractivity (Wildman–Crippen MR) is 79.4 cm³/mol. The molecule has 2 atom stereocenters. The highest BCUT2D eigenvalue weighted by molar-refractivity contribution is 7.92. The molecule has 0 saturated carbocycles. The van der Waals surface area contributed by atoms with Gasteiger partial charge >= 0.3 is 0 Å². The lowest BCUT2D eigenvalue weighted by Gasteiger charge is -2.17. The first-order chi connectivity index (χ1) is 8.97. The number of hydrogen-bond donors (Lipinski definition) is 1. The molecule has 19 heavy (non-hydrogen) atoms. The van der Waals surface area contributed by atoms with Gasteiger partial charge in [-0.1, -0.05) is 23.7 Å². The minimum Gasteiger partial charge on any atom is -0.313 e. The van der Waals surface area contributed by atoms with Crippen molar-refractivity contribution in [3.63, 3.8) is 0 Å². The fourth-order valence-electron chi connectivity index (χ4n) is 2.47. The van der Waals surface area contributed by atoms with Gasteiger partial charge in [0.2, 0.25) is 0 Å². The van der Waals surface area contributed by atoms with E-state index in [1.54, 1.807) is 0 Å². The van der Waals surface area contributed by atoms with Crippen molar-refractivity contribution in [1.82, 2.24) is 5.32 Å². The van der Waals surface area contributed by atoms with Crippen molar-refractivity contribution in [2.45, 2.75) is 37.5 Å². The standard InChI is InChI=1S/C14H20ClNO2S/c1-11(9-12-4-6-13(15)7-5-12)16-10-14-3-2-8-19(14,17)18/h4-7,11,14,16H,2-3,8-10H2,1H3/t11-,14-/m0/s1. The molecule has 0 radical (unpaired) electrons. The predicted octanol–water partition coefficient (Wildman–Crippen LogP) is 2.44. The van der Waals surface area contributed by atoms with Crippen LogP contribution in [-0.2, 0) is 16.3 Å². The van der Waals surface area contributed by atoms with Gasteiger partial charge in [-0.2, -0.15) is 0 Å². The lowest BCUT2D eigenvalue weighted by atomic mass is 10.1. The molecular formula is C14H20ClNO2S. The van der Waals surface area contributed by atoms with Crippen LogP contribution in [0.5, 0.6) is 0 Å². The molecule has 0 aromatic heterocycles. The first-order valence-electron chi connectivity index (χ1n) is 6.67.